The van der Waals surface area contributed by atoms with E-state index in [1.165, 1.54) is 13.2 Å². The molecule has 1 aromatic carbocycles. The molecule has 0 saturated heterocycles. The van der Waals surface area contributed by atoms with E-state index in [-0.39, 0.29) is 22.9 Å². The molecular weight excluding hydrogens is 341 g/mol. The first kappa shape index (κ1) is 19.0. The Morgan fingerprint density at radius 2 is 2.00 bits per heavy atom. The molecule has 0 spiro atoms. The van der Waals surface area contributed by atoms with Gasteiger partial charge >= 0.3 is 6.18 Å². The highest BCUT2D eigenvalue weighted by Crippen LogP contribution is 2.41. The number of carbonyl (C=O) groups excluding carboxylic acids is 1. The van der Waals surface area contributed by atoms with Crippen LogP contribution in [0.25, 0.3) is 0 Å². The molecule has 0 radical (unpaired) electrons. The molecular formula is C16H19F3N2O4. The van der Waals surface area contributed by atoms with Gasteiger partial charge in [-0.2, -0.15) is 23.3 Å². The molecule has 25 heavy (non-hydrogen) atoms. The normalized spacial score (nSPS) is 20.4. The van der Waals surface area contributed by atoms with Crippen molar-refractivity contribution in [2.45, 2.75) is 38.1 Å². The number of ether oxygens (including phenoxy) is 2. The zero-order valence-electron chi connectivity index (χ0n) is 13.8. The lowest BCUT2D eigenvalue weighted by Gasteiger charge is -2.32. The largest absolute Gasteiger partial charge is 0.493 e. The lowest BCUT2D eigenvalue weighted by atomic mass is 10.0. The number of amides is 1. The average molecular weight is 360 g/mol. The number of halogens is 3. The van der Waals surface area contributed by atoms with Crippen molar-refractivity contribution in [1.82, 2.24) is 5.01 Å². The molecule has 0 bridgehead atoms. The molecule has 0 aromatic heterocycles. The van der Waals surface area contributed by atoms with Crippen LogP contribution in [0.5, 0.6) is 11.5 Å². The summed E-state index contributed by atoms with van der Waals surface area (Å²) in [5, 5.41) is 13.8. The third-order valence-corrected chi connectivity index (χ3v) is 3.69. The lowest BCUT2D eigenvalue weighted by Crippen LogP contribution is -2.57. The van der Waals surface area contributed by atoms with E-state index in [0.717, 1.165) is 0 Å². The second-order valence-electron chi connectivity index (χ2n) is 5.55. The summed E-state index contributed by atoms with van der Waals surface area (Å²) < 4.78 is 50.1. The number of carbonyl (C=O) groups is 1. The van der Waals surface area contributed by atoms with Gasteiger partial charge in [0.1, 0.15) is 0 Å². The Labute approximate surface area is 142 Å². The highest BCUT2D eigenvalue weighted by atomic mass is 19.4. The van der Waals surface area contributed by atoms with Gasteiger partial charge in [-0.05, 0) is 18.6 Å². The molecule has 2 rings (SSSR count). The van der Waals surface area contributed by atoms with Crippen molar-refractivity contribution in [2.75, 3.05) is 13.7 Å². The van der Waals surface area contributed by atoms with Gasteiger partial charge in [0, 0.05) is 12.1 Å². The fourth-order valence-electron chi connectivity index (χ4n) is 2.47. The molecule has 1 amide bonds. The number of alkyl halides is 3. The zero-order valence-corrected chi connectivity index (χ0v) is 13.8. The molecule has 1 aliphatic heterocycles. The minimum atomic E-state index is -5.04. The first-order valence-corrected chi connectivity index (χ1v) is 7.67. The summed E-state index contributed by atoms with van der Waals surface area (Å²) >= 11 is 0. The quantitative estimate of drug-likeness (QED) is 0.847. The molecule has 1 aliphatic rings. The second-order valence-corrected chi connectivity index (χ2v) is 5.55. The molecule has 0 saturated carbocycles. The molecule has 1 atom stereocenters. The number of methoxy groups -OCH3 is 1. The number of rotatable bonds is 6. The van der Waals surface area contributed by atoms with Gasteiger partial charge in [0.15, 0.2) is 18.1 Å². The summed E-state index contributed by atoms with van der Waals surface area (Å²) in [6.45, 7) is 1.05. The number of hydrogen-bond donors (Lipinski definition) is 1. The highest BCUT2D eigenvalue weighted by molar-refractivity contribution is 5.91. The number of hydrogen-bond acceptors (Lipinski definition) is 5. The summed E-state index contributed by atoms with van der Waals surface area (Å²) in [4.78, 5) is 12.2. The van der Waals surface area contributed by atoms with Crippen LogP contribution in [0.1, 0.15) is 26.2 Å². The molecule has 0 unspecified atom stereocenters. The van der Waals surface area contributed by atoms with E-state index < -0.39 is 30.8 Å². The number of aliphatic hydroxyl groups is 1. The van der Waals surface area contributed by atoms with Gasteiger partial charge in [0.25, 0.3) is 11.6 Å². The number of para-hydroxylation sites is 2. The van der Waals surface area contributed by atoms with Crippen molar-refractivity contribution < 1.29 is 32.5 Å². The third-order valence-electron chi connectivity index (χ3n) is 3.69. The Bertz CT molecular complexity index is 663. The first-order chi connectivity index (χ1) is 11.7. The third kappa shape index (κ3) is 3.87. The van der Waals surface area contributed by atoms with Gasteiger partial charge in [-0.15, -0.1) is 0 Å². The van der Waals surface area contributed by atoms with Crippen molar-refractivity contribution >= 4 is 11.6 Å². The van der Waals surface area contributed by atoms with Crippen molar-refractivity contribution in [2.24, 2.45) is 5.10 Å². The van der Waals surface area contributed by atoms with Gasteiger partial charge in [-0.1, -0.05) is 25.5 Å². The Balaban J connectivity index is 2.17. The SMILES string of the molecule is CCCC1=NN(C(=O)COc2ccccc2OC)[C@@](O)(C(F)(F)F)C1. The predicted molar refractivity (Wildman–Crippen MR) is 83.3 cm³/mol. The van der Waals surface area contributed by atoms with Crippen LogP contribution >= 0.6 is 0 Å². The number of benzene rings is 1. The summed E-state index contributed by atoms with van der Waals surface area (Å²) in [6, 6.07) is 6.40. The Hall–Kier alpha value is -2.29. The standard InChI is InChI=1S/C16H19F3N2O4/c1-3-6-11-9-15(23,16(17,18)19)21(20-11)14(22)10-25-13-8-5-4-7-12(13)24-2/h4-5,7-8,23H,3,6,9-10H2,1-2H3/t15-/m0/s1. The van der Waals surface area contributed by atoms with E-state index in [1.807, 2.05) is 0 Å². The van der Waals surface area contributed by atoms with Crippen LogP contribution < -0.4 is 9.47 Å². The van der Waals surface area contributed by atoms with Gasteiger partial charge in [0.05, 0.1) is 7.11 Å². The van der Waals surface area contributed by atoms with Crippen LogP contribution in [0, 0.1) is 0 Å². The van der Waals surface area contributed by atoms with Crippen molar-refractivity contribution in [1.29, 1.82) is 0 Å². The zero-order chi connectivity index (χ0) is 18.7. The van der Waals surface area contributed by atoms with E-state index in [2.05, 4.69) is 5.10 Å². The van der Waals surface area contributed by atoms with Gasteiger partial charge in [-0.3, -0.25) is 4.79 Å². The van der Waals surface area contributed by atoms with Crippen molar-refractivity contribution in [3.05, 3.63) is 24.3 Å². The molecule has 1 aromatic rings. The van der Waals surface area contributed by atoms with Crippen LogP contribution in [0.3, 0.4) is 0 Å². The monoisotopic (exact) mass is 360 g/mol. The molecule has 0 aliphatic carbocycles. The number of hydrazone groups is 1. The summed E-state index contributed by atoms with van der Waals surface area (Å²) in [5.41, 5.74) is -3.23. The van der Waals surface area contributed by atoms with Crippen molar-refractivity contribution in [3.63, 3.8) is 0 Å². The Kier molecular flexibility index (Phi) is 5.56. The average Bonchev–Trinajstić information content (AvgIpc) is 2.91. The molecule has 138 valence electrons. The van der Waals surface area contributed by atoms with Crippen LogP contribution in [-0.2, 0) is 4.79 Å². The first-order valence-electron chi connectivity index (χ1n) is 7.67. The predicted octanol–water partition coefficient (Wildman–Crippen LogP) is 2.71. The highest BCUT2D eigenvalue weighted by Gasteiger charge is 2.63. The second kappa shape index (κ2) is 7.30. The Morgan fingerprint density at radius 1 is 1.36 bits per heavy atom. The molecule has 1 N–H and O–H groups in total. The summed E-state index contributed by atoms with van der Waals surface area (Å²) in [7, 11) is 1.40. The maximum Gasteiger partial charge on any atom is 0.438 e. The maximum absolute atomic E-state index is 13.3. The minimum absolute atomic E-state index is 0.0768. The fraction of sp³-hybridized carbons (Fsp3) is 0.500. The van der Waals surface area contributed by atoms with Crippen LogP contribution in [0.15, 0.2) is 29.4 Å². The van der Waals surface area contributed by atoms with Crippen LogP contribution in [0.2, 0.25) is 0 Å². The molecule has 1 heterocycles. The topological polar surface area (TPSA) is 71.4 Å². The van der Waals surface area contributed by atoms with Crippen molar-refractivity contribution in [3.8, 4) is 11.5 Å². The van der Waals surface area contributed by atoms with E-state index >= 15 is 0 Å². The summed E-state index contributed by atoms with van der Waals surface area (Å²) in [5.74, 6) is -0.569. The molecule has 6 nitrogen and oxygen atoms in total. The molecule has 9 heteroatoms. The minimum Gasteiger partial charge on any atom is -0.493 e. The van der Waals surface area contributed by atoms with E-state index in [0.29, 0.717) is 12.2 Å². The van der Waals surface area contributed by atoms with Crippen LogP contribution in [-0.4, -0.2) is 47.4 Å². The van der Waals surface area contributed by atoms with E-state index in [4.69, 9.17) is 9.47 Å². The fourth-order valence-corrected chi connectivity index (χ4v) is 2.47. The maximum atomic E-state index is 13.3. The number of nitrogens with zero attached hydrogens (tertiary/aromatic N) is 2. The lowest BCUT2D eigenvalue weighted by molar-refractivity contribution is -0.302. The summed E-state index contributed by atoms with van der Waals surface area (Å²) in [6.07, 6.45) is -4.99. The smallest absolute Gasteiger partial charge is 0.438 e. The Morgan fingerprint density at radius 3 is 2.56 bits per heavy atom. The van der Waals surface area contributed by atoms with Gasteiger partial charge in [0.2, 0.25) is 0 Å². The molecule has 0 fully saturated rings. The van der Waals surface area contributed by atoms with Gasteiger partial charge in [-0.25, -0.2) is 0 Å². The van der Waals surface area contributed by atoms with Crippen LogP contribution in [0.4, 0.5) is 13.2 Å². The van der Waals surface area contributed by atoms with E-state index in [9.17, 15) is 23.1 Å². The van der Waals surface area contributed by atoms with Gasteiger partial charge < -0.3 is 14.6 Å². The van der Waals surface area contributed by atoms with E-state index in [1.54, 1.807) is 25.1 Å².